The SMILES string of the molecule is Cl.O=C(NCC(c1ccc2c(c1)OCO2)N1CCCC1)c1ccco1. The summed E-state index contributed by atoms with van der Waals surface area (Å²) in [5, 5.41) is 2.98. The number of nitrogens with zero attached hydrogens (tertiary/aromatic N) is 1. The normalized spacial score (nSPS) is 17.1. The number of furan rings is 1. The van der Waals surface area contributed by atoms with Crippen LogP contribution in [0, 0.1) is 0 Å². The lowest BCUT2D eigenvalue weighted by Crippen LogP contribution is -2.36. The Morgan fingerprint density at radius 2 is 1.96 bits per heavy atom. The van der Waals surface area contributed by atoms with Crippen molar-refractivity contribution in [3.63, 3.8) is 0 Å². The number of carbonyl (C=O) groups is 1. The lowest BCUT2D eigenvalue weighted by Gasteiger charge is -2.28. The first kappa shape index (κ1) is 17.6. The van der Waals surface area contributed by atoms with Crippen LogP contribution in [0.15, 0.2) is 41.0 Å². The van der Waals surface area contributed by atoms with Gasteiger partial charge in [-0.2, -0.15) is 0 Å². The Kier molecular flexibility index (Phi) is 5.50. The molecule has 4 rings (SSSR count). The second-order valence-electron chi connectivity index (χ2n) is 6.06. The van der Waals surface area contributed by atoms with Crippen LogP contribution in [0.5, 0.6) is 11.5 Å². The Balaban J connectivity index is 0.00000182. The van der Waals surface area contributed by atoms with Crippen LogP contribution in [0.3, 0.4) is 0 Å². The summed E-state index contributed by atoms with van der Waals surface area (Å²) in [5.74, 6) is 1.69. The maximum absolute atomic E-state index is 12.2. The van der Waals surface area contributed by atoms with Gasteiger partial charge in [0.15, 0.2) is 17.3 Å². The van der Waals surface area contributed by atoms with Gasteiger partial charge in [0.05, 0.1) is 12.3 Å². The Bertz CT molecular complexity index is 714. The quantitative estimate of drug-likeness (QED) is 0.883. The summed E-state index contributed by atoms with van der Waals surface area (Å²) < 4.78 is 16.0. The third kappa shape index (κ3) is 3.75. The molecular weight excluding hydrogens is 344 g/mol. The zero-order valence-corrected chi connectivity index (χ0v) is 14.6. The van der Waals surface area contributed by atoms with Crippen molar-refractivity contribution in [3.05, 3.63) is 47.9 Å². The number of amides is 1. The van der Waals surface area contributed by atoms with E-state index in [-0.39, 0.29) is 31.1 Å². The predicted molar refractivity (Wildman–Crippen MR) is 94.4 cm³/mol. The van der Waals surface area contributed by atoms with Gasteiger partial charge in [0.2, 0.25) is 6.79 Å². The van der Waals surface area contributed by atoms with E-state index in [0.29, 0.717) is 12.3 Å². The van der Waals surface area contributed by atoms with E-state index in [2.05, 4.69) is 16.3 Å². The number of hydrogen-bond acceptors (Lipinski definition) is 5. The second kappa shape index (κ2) is 7.80. The van der Waals surface area contributed by atoms with Crippen molar-refractivity contribution in [1.82, 2.24) is 10.2 Å². The largest absolute Gasteiger partial charge is 0.459 e. The van der Waals surface area contributed by atoms with Crippen LogP contribution in [-0.2, 0) is 0 Å². The zero-order valence-electron chi connectivity index (χ0n) is 13.8. The smallest absolute Gasteiger partial charge is 0.287 e. The number of nitrogens with one attached hydrogen (secondary N) is 1. The monoisotopic (exact) mass is 364 g/mol. The minimum atomic E-state index is -0.190. The molecule has 25 heavy (non-hydrogen) atoms. The number of likely N-dealkylation sites (tertiary alicyclic amines) is 1. The van der Waals surface area contributed by atoms with Crippen LogP contribution in [0.25, 0.3) is 0 Å². The summed E-state index contributed by atoms with van der Waals surface area (Å²) in [6.07, 6.45) is 3.88. The number of halogens is 1. The molecule has 3 heterocycles. The Morgan fingerprint density at radius 1 is 1.16 bits per heavy atom. The molecule has 1 saturated heterocycles. The second-order valence-corrected chi connectivity index (χ2v) is 6.06. The lowest BCUT2D eigenvalue weighted by molar-refractivity contribution is 0.0910. The molecule has 6 nitrogen and oxygen atoms in total. The first-order chi connectivity index (χ1) is 11.8. The minimum absolute atomic E-state index is 0. The lowest BCUT2D eigenvalue weighted by atomic mass is 10.0. The Labute approximate surface area is 152 Å². The minimum Gasteiger partial charge on any atom is -0.459 e. The molecule has 7 heteroatoms. The van der Waals surface area contributed by atoms with Gasteiger partial charge in [0, 0.05) is 6.54 Å². The summed E-state index contributed by atoms with van der Waals surface area (Å²) in [6.45, 7) is 2.87. The standard InChI is InChI=1S/C18H20N2O4.ClH/c21-18(16-4-3-9-22-16)19-11-14(20-7-1-2-8-20)13-5-6-15-17(10-13)24-12-23-15;/h3-6,9-10,14H,1-2,7-8,11-12H2,(H,19,21);1H. The van der Waals surface area contributed by atoms with E-state index in [1.807, 2.05) is 12.1 Å². The topological polar surface area (TPSA) is 63.9 Å². The van der Waals surface area contributed by atoms with Crippen molar-refractivity contribution in [1.29, 1.82) is 0 Å². The van der Waals surface area contributed by atoms with Crippen LogP contribution < -0.4 is 14.8 Å². The van der Waals surface area contributed by atoms with Crippen LogP contribution in [-0.4, -0.2) is 37.2 Å². The van der Waals surface area contributed by atoms with Crippen molar-refractivity contribution >= 4 is 18.3 Å². The highest BCUT2D eigenvalue weighted by Crippen LogP contribution is 2.36. The van der Waals surface area contributed by atoms with Crippen molar-refractivity contribution in [2.75, 3.05) is 26.4 Å². The van der Waals surface area contributed by atoms with Gasteiger partial charge in [0.25, 0.3) is 5.91 Å². The van der Waals surface area contributed by atoms with E-state index in [1.54, 1.807) is 12.1 Å². The predicted octanol–water partition coefficient (Wildman–Crippen LogP) is 3.00. The van der Waals surface area contributed by atoms with Gasteiger partial charge in [-0.25, -0.2) is 0 Å². The number of rotatable bonds is 5. The van der Waals surface area contributed by atoms with Gasteiger partial charge in [0.1, 0.15) is 0 Å². The van der Waals surface area contributed by atoms with Crippen LogP contribution in [0.2, 0.25) is 0 Å². The molecule has 1 N–H and O–H groups in total. The van der Waals surface area contributed by atoms with Crippen molar-refractivity contribution in [2.24, 2.45) is 0 Å². The fourth-order valence-corrected chi connectivity index (χ4v) is 3.32. The van der Waals surface area contributed by atoms with Gasteiger partial charge in [-0.15, -0.1) is 12.4 Å². The van der Waals surface area contributed by atoms with Gasteiger partial charge >= 0.3 is 0 Å². The summed E-state index contributed by atoms with van der Waals surface area (Å²) in [7, 11) is 0. The Hall–Kier alpha value is -2.18. The van der Waals surface area contributed by atoms with Crippen molar-refractivity contribution < 1.29 is 18.7 Å². The molecule has 1 amide bonds. The highest BCUT2D eigenvalue weighted by Gasteiger charge is 2.26. The third-order valence-electron chi connectivity index (χ3n) is 4.56. The molecule has 1 fully saturated rings. The zero-order chi connectivity index (χ0) is 16.4. The fraction of sp³-hybridized carbons (Fsp3) is 0.389. The molecular formula is C18H21ClN2O4. The summed E-state index contributed by atoms with van der Waals surface area (Å²) in [5.41, 5.74) is 1.13. The summed E-state index contributed by atoms with van der Waals surface area (Å²) in [4.78, 5) is 14.6. The Morgan fingerprint density at radius 3 is 2.72 bits per heavy atom. The number of benzene rings is 1. The molecule has 2 aliphatic heterocycles. The van der Waals surface area contributed by atoms with E-state index in [1.165, 1.54) is 19.1 Å². The number of ether oxygens (including phenoxy) is 2. The van der Waals surface area contributed by atoms with Gasteiger partial charge in [-0.1, -0.05) is 6.07 Å². The fourth-order valence-electron chi connectivity index (χ4n) is 3.32. The molecule has 2 aliphatic rings. The molecule has 0 saturated carbocycles. The summed E-state index contributed by atoms with van der Waals surface area (Å²) >= 11 is 0. The molecule has 0 aliphatic carbocycles. The molecule has 2 aromatic rings. The van der Waals surface area contributed by atoms with Crippen molar-refractivity contribution in [2.45, 2.75) is 18.9 Å². The highest BCUT2D eigenvalue weighted by molar-refractivity contribution is 5.91. The third-order valence-corrected chi connectivity index (χ3v) is 4.56. The molecule has 134 valence electrons. The van der Waals surface area contributed by atoms with E-state index < -0.39 is 0 Å². The average molecular weight is 365 g/mol. The van der Waals surface area contributed by atoms with Gasteiger partial charge in [-0.05, 0) is 55.8 Å². The van der Waals surface area contributed by atoms with Crippen molar-refractivity contribution in [3.8, 4) is 11.5 Å². The van der Waals surface area contributed by atoms with Gasteiger partial charge in [-0.3, -0.25) is 9.69 Å². The molecule has 1 aromatic carbocycles. The molecule has 1 unspecified atom stereocenters. The first-order valence-corrected chi connectivity index (χ1v) is 8.26. The average Bonchev–Trinajstić information content (AvgIpc) is 3.35. The van der Waals surface area contributed by atoms with E-state index in [9.17, 15) is 4.79 Å². The number of carbonyl (C=O) groups excluding carboxylic acids is 1. The maximum atomic E-state index is 12.2. The molecule has 1 aromatic heterocycles. The summed E-state index contributed by atoms with van der Waals surface area (Å²) in [6, 6.07) is 9.50. The number of hydrogen-bond donors (Lipinski definition) is 1. The first-order valence-electron chi connectivity index (χ1n) is 8.26. The highest BCUT2D eigenvalue weighted by atomic mass is 35.5. The van der Waals surface area contributed by atoms with Gasteiger partial charge < -0.3 is 19.2 Å². The van der Waals surface area contributed by atoms with E-state index in [4.69, 9.17) is 13.9 Å². The number of fused-ring (bicyclic) bond motifs is 1. The molecule has 1 atom stereocenters. The molecule has 0 radical (unpaired) electrons. The van der Waals surface area contributed by atoms with Crippen LogP contribution in [0.4, 0.5) is 0 Å². The molecule has 0 bridgehead atoms. The van der Waals surface area contributed by atoms with Crippen LogP contribution >= 0.6 is 12.4 Å². The molecule has 0 spiro atoms. The van der Waals surface area contributed by atoms with E-state index >= 15 is 0 Å². The van der Waals surface area contributed by atoms with E-state index in [0.717, 1.165) is 30.2 Å². The maximum Gasteiger partial charge on any atom is 0.287 e. The van der Waals surface area contributed by atoms with Crippen LogP contribution in [0.1, 0.15) is 35.0 Å².